The van der Waals surface area contributed by atoms with Crippen molar-refractivity contribution in [3.8, 4) is 0 Å². The standard InChI is InChI=1S/C28H51BN8O12/c30-7-11-35(19-27(44)45)13-15-36(20-28(46)47)14-12-34(18-26(42)43)9-2-1-5-22(38)31-8-6-23(39)32-16-24(40)33-17-25(41)37-10-3-4-21(37)29(48)49/h21,48-49H,1-20,30H2,(H,31,38)(H,32,39)(H,33,40)(H,42,43)(H,44,45)(H,46,47)/t21-/m0/s1. The van der Waals surface area contributed by atoms with Gasteiger partial charge in [0.25, 0.3) is 0 Å². The summed E-state index contributed by atoms with van der Waals surface area (Å²) in [6, 6.07) is 0. The minimum atomic E-state index is -1.66. The summed E-state index contributed by atoms with van der Waals surface area (Å²) >= 11 is 0. The second-order valence-corrected chi connectivity index (χ2v) is 11.6. The number of carboxylic acid groups (broad SMARTS) is 3. The summed E-state index contributed by atoms with van der Waals surface area (Å²) in [5, 5.41) is 53.7. The minimum absolute atomic E-state index is 0.0182. The molecule has 0 spiro atoms. The SMILES string of the molecule is NCCN(CCN(CCN(CCCCC(=O)NCCC(=O)NCC(=O)NCC(=O)N1CCC[C@H]1B(O)O)CC(=O)O)CC(=O)O)CC(=O)O. The van der Waals surface area contributed by atoms with E-state index in [2.05, 4.69) is 16.0 Å². The fourth-order valence-electron chi connectivity index (χ4n) is 5.17. The van der Waals surface area contributed by atoms with Crippen LogP contribution in [0.25, 0.3) is 0 Å². The summed E-state index contributed by atoms with van der Waals surface area (Å²) in [4.78, 5) is 88.4. The highest BCUT2D eigenvalue weighted by Gasteiger charge is 2.36. The number of aliphatic carboxylic acids is 3. The Balaban J connectivity index is 2.33. The number of carbonyl (C=O) groups is 7. The zero-order valence-electron chi connectivity index (χ0n) is 27.8. The molecule has 1 rings (SSSR count). The Labute approximate surface area is 285 Å². The third-order valence-electron chi connectivity index (χ3n) is 7.64. The maximum atomic E-state index is 12.2. The zero-order valence-corrected chi connectivity index (χ0v) is 27.8. The van der Waals surface area contributed by atoms with Crippen LogP contribution in [-0.4, -0.2) is 191 Å². The Morgan fingerprint density at radius 2 is 1.18 bits per heavy atom. The first-order valence-corrected chi connectivity index (χ1v) is 16.2. The van der Waals surface area contributed by atoms with Crippen molar-refractivity contribution in [3.05, 3.63) is 0 Å². The Hall–Kier alpha value is -3.89. The lowest BCUT2D eigenvalue weighted by atomic mass is 9.78. The molecule has 4 amide bonds. The number of unbranched alkanes of at least 4 members (excludes halogenated alkanes) is 1. The molecule has 278 valence electrons. The van der Waals surface area contributed by atoms with E-state index in [0.29, 0.717) is 45.3 Å². The quantitative estimate of drug-likeness (QED) is 0.0286. The minimum Gasteiger partial charge on any atom is -0.480 e. The molecular weight excluding hydrogens is 651 g/mol. The fourth-order valence-corrected chi connectivity index (χ4v) is 5.17. The maximum absolute atomic E-state index is 12.2. The molecule has 21 heteroatoms. The van der Waals surface area contributed by atoms with E-state index < -0.39 is 48.7 Å². The Bertz CT molecular complexity index is 1100. The number of nitrogens with two attached hydrogens (primary N) is 1. The molecule has 0 aromatic carbocycles. The molecule has 0 radical (unpaired) electrons. The van der Waals surface area contributed by atoms with E-state index in [4.69, 9.17) is 10.8 Å². The second-order valence-electron chi connectivity index (χ2n) is 11.6. The van der Waals surface area contributed by atoms with Gasteiger partial charge in [0.2, 0.25) is 23.6 Å². The van der Waals surface area contributed by atoms with E-state index in [0.717, 1.165) is 0 Å². The van der Waals surface area contributed by atoms with Gasteiger partial charge in [-0.15, -0.1) is 0 Å². The first-order valence-electron chi connectivity index (χ1n) is 16.2. The van der Waals surface area contributed by atoms with Gasteiger partial charge >= 0.3 is 25.0 Å². The molecule has 0 aliphatic carbocycles. The van der Waals surface area contributed by atoms with Gasteiger partial charge in [-0.25, -0.2) is 0 Å². The number of likely N-dealkylation sites (tertiary alicyclic amines) is 1. The number of carboxylic acids is 3. The molecular formula is C28H51BN8O12. The first kappa shape index (κ1) is 43.1. The summed E-state index contributed by atoms with van der Waals surface area (Å²) in [7, 11) is -1.66. The van der Waals surface area contributed by atoms with Gasteiger partial charge < -0.3 is 52.0 Å². The summed E-state index contributed by atoms with van der Waals surface area (Å²) < 4.78 is 0. The van der Waals surface area contributed by atoms with Crippen molar-refractivity contribution in [1.82, 2.24) is 35.6 Å². The number of amides is 4. The van der Waals surface area contributed by atoms with Gasteiger partial charge in [0.05, 0.1) is 38.7 Å². The molecule has 0 saturated carbocycles. The van der Waals surface area contributed by atoms with Crippen molar-refractivity contribution in [1.29, 1.82) is 0 Å². The highest BCUT2D eigenvalue weighted by molar-refractivity contribution is 6.43. The lowest BCUT2D eigenvalue weighted by Gasteiger charge is -2.28. The Morgan fingerprint density at radius 3 is 1.71 bits per heavy atom. The normalized spacial score (nSPS) is 14.2. The van der Waals surface area contributed by atoms with Crippen molar-refractivity contribution in [2.45, 2.75) is 44.5 Å². The smallest absolute Gasteiger partial charge is 0.475 e. The summed E-state index contributed by atoms with van der Waals surface area (Å²) in [5.74, 6) is -5.79. The van der Waals surface area contributed by atoms with Crippen LogP contribution in [0.3, 0.4) is 0 Å². The average molecular weight is 703 g/mol. The first-order chi connectivity index (χ1) is 23.2. The molecule has 1 atom stereocenters. The third-order valence-corrected chi connectivity index (χ3v) is 7.64. The molecule has 0 aromatic rings. The number of rotatable bonds is 27. The molecule has 20 nitrogen and oxygen atoms in total. The van der Waals surface area contributed by atoms with Crippen LogP contribution >= 0.6 is 0 Å². The topological polar surface area (TPSA) is 296 Å². The second kappa shape index (κ2) is 24.3. The molecule has 49 heavy (non-hydrogen) atoms. The monoisotopic (exact) mass is 702 g/mol. The van der Waals surface area contributed by atoms with Crippen LogP contribution in [-0.2, 0) is 33.6 Å². The molecule has 1 saturated heterocycles. The lowest BCUT2D eigenvalue weighted by Crippen LogP contribution is -2.49. The van der Waals surface area contributed by atoms with Crippen molar-refractivity contribution in [3.63, 3.8) is 0 Å². The summed E-state index contributed by atoms with van der Waals surface area (Å²) in [6.45, 7) is 0.646. The number of hydrogen-bond donors (Lipinski definition) is 9. The van der Waals surface area contributed by atoms with Crippen LogP contribution in [0.2, 0.25) is 0 Å². The van der Waals surface area contributed by atoms with E-state index >= 15 is 0 Å². The van der Waals surface area contributed by atoms with Crippen LogP contribution in [0.1, 0.15) is 38.5 Å². The van der Waals surface area contributed by atoms with Gasteiger partial charge in [0.1, 0.15) is 0 Å². The number of hydrogen-bond acceptors (Lipinski definition) is 13. The van der Waals surface area contributed by atoms with Gasteiger partial charge in [0, 0.05) is 65.2 Å². The molecule has 1 fully saturated rings. The molecule has 0 bridgehead atoms. The molecule has 0 unspecified atom stereocenters. The summed E-state index contributed by atoms with van der Waals surface area (Å²) in [6.07, 6.45) is 1.98. The van der Waals surface area contributed by atoms with Crippen molar-refractivity contribution >= 4 is 48.7 Å². The summed E-state index contributed by atoms with van der Waals surface area (Å²) in [5.41, 5.74) is 5.53. The van der Waals surface area contributed by atoms with Gasteiger partial charge in [-0.2, -0.15) is 0 Å². The van der Waals surface area contributed by atoms with Crippen molar-refractivity contribution in [2.75, 3.05) is 91.6 Å². The predicted molar refractivity (Wildman–Crippen MR) is 174 cm³/mol. The van der Waals surface area contributed by atoms with Gasteiger partial charge in [-0.05, 0) is 32.2 Å². The number of carbonyl (C=O) groups excluding carboxylic acids is 4. The molecule has 0 aromatic heterocycles. The Kier molecular flexibility index (Phi) is 21.4. The van der Waals surface area contributed by atoms with Gasteiger partial charge in [-0.1, -0.05) is 0 Å². The van der Waals surface area contributed by atoms with E-state index in [9.17, 15) is 53.8 Å². The Morgan fingerprint density at radius 1 is 0.673 bits per heavy atom. The van der Waals surface area contributed by atoms with Crippen LogP contribution < -0.4 is 21.7 Å². The lowest BCUT2D eigenvalue weighted by molar-refractivity contribution is -0.140. The van der Waals surface area contributed by atoms with Crippen molar-refractivity contribution < 1.29 is 58.9 Å². The van der Waals surface area contributed by atoms with E-state index in [1.807, 2.05) is 0 Å². The maximum Gasteiger partial charge on any atom is 0.475 e. The van der Waals surface area contributed by atoms with Crippen LogP contribution in [0.15, 0.2) is 0 Å². The van der Waals surface area contributed by atoms with Crippen LogP contribution in [0, 0.1) is 0 Å². The molecule has 1 aliphatic heterocycles. The van der Waals surface area contributed by atoms with Crippen LogP contribution in [0.4, 0.5) is 0 Å². The van der Waals surface area contributed by atoms with Gasteiger partial charge in [-0.3, -0.25) is 48.3 Å². The van der Waals surface area contributed by atoms with Crippen LogP contribution in [0.5, 0.6) is 0 Å². The van der Waals surface area contributed by atoms with Crippen molar-refractivity contribution in [2.24, 2.45) is 5.73 Å². The third kappa shape index (κ3) is 20.3. The predicted octanol–water partition coefficient (Wildman–Crippen LogP) is -4.98. The van der Waals surface area contributed by atoms with E-state index in [-0.39, 0.29) is 90.7 Å². The highest BCUT2D eigenvalue weighted by atomic mass is 16.4. The molecule has 1 heterocycles. The molecule has 1 aliphatic rings. The highest BCUT2D eigenvalue weighted by Crippen LogP contribution is 2.17. The number of nitrogens with zero attached hydrogens (tertiary/aromatic N) is 4. The fraction of sp³-hybridized carbons (Fsp3) is 0.750. The average Bonchev–Trinajstić information content (AvgIpc) is 3.52. The van der Waals surface area contributed by atoms with E-state index in [1.54, 1.807) is 14.7 Å². The van der Waals surface area contributed by atoms with Gasteiger partial charge in [0.15, 0.2) is 0 Å². The number of nitrogens with one attached hydrogen (secondary N) is 3. The molecule has 10 N–H and O–H groups in total. The van der Waals surface area contributed by atoms with E-state index in [1.165, 1.54) is 4.90 Å². The largest absolute Gasteiger partial charge is 0.480 e. The zero-order chi connectivity index (χ0) is 36.8.